The van der Waals surface area contributed by atoms with E-state index in [0.29, 0.717) is 30.3 Å². The fourth-order valence-corrected chi connectivity index (χ4v) is 2.75. The van der Waals surface area contributed by atoms with Crippen molar-refractivity contribution in [3.05, 3.63) is 23.8 Å². The molecule has 0 radical (unpaired) electrons. The lowest BCUT2D eigenvalue weighted by Crippen LogP contribution is -2.33. The molecule has 140 valence electrons. The van der Waals surface area contributed by atoms with Gasteiger partial charge in [0, 0.05) is 6.42 Å². The second kappa shape index (κ2) is 9.60. The summed E-state index contributed by atoms with van der Waals surface area (Å²) >= 11 is 0. The summed E-state index contributed by atoms with van der Waals surface area (Å²) in [5, 5.41) is 10.8. The normalized spacial score (nSPS) is 17.6. The highest BCUT2D eigenvalue weighted by Crippen LogP contribution is 2.34. The zero-order valence-electron chi connectivity index (χ0n) is 14.9. The van der Waals surface area contributed by atoms with Crippen molar-refractivity contribution in [3.8, 4) is 11.5 Å². The minimum absolute atomic E-state index is 0.217. The third kappa shape index (κ3) is 5.07. The van der Waals surface area contributed by atoms with Gasteiger partial charge in [0.2, 0.25) is 0 Å². The Morgan fingerprint density at radius 1 is 1.24 bits per heavy atom. The van der Waals surface area contributed by atoms with Gasteiger partial charge in [-0.05, 0) is 31.0 Å². The fraction of sp³-hybridized carbons (Fsp3) is 0.611. The molecule has 0 aliphatic carbocycles. The van der Waals surface area contributed by atoms with Gasteiger partial charge < -0.3 is 28.8 Å². The Morgan fingerprint density at radius 2 is 1.92 bits per heavy atom. The van der Waals surface area contributed by atoms with E-state index < -0.39 is 24.3 Å². The molecule has 7 nitrogen and oxygen atoms in total. The maximum Gasteiger partial charge on any atom is 0.312 e. The van der Waals surface area contributed by atoms with Gasteiger partial charge >= 0.3 is 5.97 Å². The van der Waals surface area contributed by atoms with E-state index in [4.69, 9.17) is 23.7 Å². The molecule has 0 bridgehead atoms. The zero-order valence-corrected chi connectivity index (χ0v) is 14.9. The van der Waals surface area contributed by atoms with Crippen molar-refractivity contribution in [2.75, 3.05) is 34.0 Å². The van der Waals surface area contributed by atoms with Crippen molar-refractivity contribution in [2.45, 2.75) is 32.2 Å². The molecule has 2 unspecified atom stereocenters. The molecule has 1 aromatic carbocycles. The van der Waals surface area contributed by atoms with E-state index >= 15 is 0 Å². The highest BCUT2D eigenvalue weighted by molar-refractivity contribution is 5.73. The van der Waals surface area contributed by atoms with Crippen LogP contribution in [0.1, 0.15) is 31.4 Å². The molecule has 0 spiro atoms. The number of methoxy groups -OCH3 is 2. The van der Waals surface area contributed by atoms with Crippen LogP contribution in [0.4, 0.5) is 0 Å². The second-order valence-corrected chi connectivity index (χ2v) is 5.68. The van der Waals surface area contributed by atoms with Crippen LogP contribution in [0.5, 0.6) is 11.5 Å². The van der Waals surface area contributed by atoms with Crippen LogP contribution in [-0.2, 0) is 19.0 Å². The van der Waals surface area contributed by atoms with Crippen LogP contribution in [0.25, 0.3) is 0 Å². The summed E-state index contributed by atoms with van der Waals surface area (Å²) in [6, 6.07) is 5.03. The van der Waals surface area contributed by atoms with Crippen LogP contribution in [0.3, 0.4) is 0 Å². The van der Waals surface area contributed by atoms with Gasteiger partial charge in [-0.1, -0.05) is 6.07 Å². The average Bonchev–Trinajstić information content (AvgIpc) is 2.66. The molecule has 1 heterocycles. The number of hydrogen-bond donors (Lipinski definition) is 1. The molecule has 2 atom stereocenters. The Morgan fingerprint density at radius 3 is 2.52 bits per heavy atom. The number of ether oxygens (including phenoxy) is 5. The van der Waals surface area contributed by atoms with Gasteiger partial charge in [0.05, 0.1) is 46.1 Å². The van der Waals surface area contributed by atoms with Gasteiger partial charge in [0.25, 0.3) is 0 Å². The molecule has 1 aliphatic heterocycles. The van der Waals surface area contributed by atoms with Crippen LogP contribution < -0.4 is 9.47 Å². The maximum absolute atomic E-state index is 12.4. The predicted octanol–water partition coefficient (Wildman–Crippen LogP) is 2.07. The number of esters is 1. The summed E-state index contributed by atoms with van der Waals surface area (Å²) in [6.45, 7) is 3.12. The molecule has 1 saturated heterocycles. The molecule has 1 aliphatic rings. The number of aliphatic hydroxyl groups excluding tert-OH is 1. The third-order valence-electron chi connectivity index (χ3n) is 4.06. The topological polar surface area (TPSA) is 83.5 Å². The largest absolute Gasteiger partial charge is 0.493 e. The average molecular weight is 354 g/mol. The van der Waals surface area contributed by atoms with E-state index in [9.17, 15) is 9.90 Å². The van der Waals surface area contributed by atoms with Gasteiger partial charge in [-0.25, -0.2) is 0 Å². The van der Waals surface area contributed by atoms with Gasteiger partial charge in [-0.3, -0.25) is 4.79 Å². The highest BCUT2D eigenvalue weighted by Gasteiger charge is 2.34. The lowest BCUT2D eigenvalue weighted by Gasteiger charge is -2.28. The standard InChI is InChI=1S/C18H26O7/c1-4-23-18(20)13(11-16-24-8-5-9-25-16)17(19)12-6-7-14(21-2)15(10-12)22-3/h6-7,10,13,16-17,19H,4-5,8-9,11H2,1-3H3. The summed E-state index contributed by atoms with van der Waals surface area (Å²) in [4.78, 5) is 12.4. The maximum atomic E-state index is 12.4. The molecule has 1 aromatic rings. The molecule has 1 N–H and O–H groups in total. The molecule has 7 heteroatoms. The quantitative estimate of drug-likeness (QED) is 0.716. The lowest BCUT2D eigenvalue weighted by molar-refractivity contribution is -0.196. The smallest absolute Gasteiger partial charge is 0.312 e. The molecular weight excluding hydrogens is 328 g/mol. The predicted molar refractivity (Wildman–Crippen MR) is 89.6 cm³/mol. The van der Waals surface area contributed by atoms with Crippen LogP contribution >= 0.6 is 0 Å². The van der Waals surface area contributed by atoms with Gasteiger partial charge in [0.15, 0.2) is 17.8 Å². The van der Waals surface area contributed by atoms with Gasteiger partial charge in [-0.15, -0.1) is 0 Å². The number of aliphatic hydroxyl groups is 1. The zero-order chi connectivity index (χ0) is 18.2. The summed E-state index contributed by atoms with van der Waals surface area (Å²) < 4.78 is 26.6. The Bertz CT molecular complexity index is 554. The van der Waals surface area contributed by atoms with Crippen molar-refractivity contribution in [3.63, 3.8) is 0 Å². The monoisotopic (exact) mass is 354 g/mol. The number of rotatable bonds is 8. The Labute approximate surface area is 147 Å². The van der Waals surface area contributed by atoms with E-state index in [0.717, 1.165) is 6.42 Å². The summed E-state index contributed by atoms with van der Waals surface area (Å²) in [7, 11) is 3.05. The molecular formula is C18H26O7. The first-order valence-electron chi connectivity index (χ1n) is 8.40. The second-order valence-electron chi connectivity index (χ2n) is 5.68. The van der Waals surface area contributed by atoms with Crippen molar-refractivity contribution < 1.29 is 33.6 Å². The first-order valence-corrected chi connectivity index (χ1v) is 8.40. The Kier molecular flexibility index (Phi) is 7.49. The summed E-state index contributed by atoms with van der Waals surface area (Å²) in [5.41, 5.74) is 0.534. The Hall–Kier alpha value is -1.83. The highest BCUT2D eigenvalue weighted by atomic mass is 16.7. The molecule has 0 aromatic heterocycles. The van der Waals surface area contributed by atoms with Crippen LogP contribution in [0.15, 0.2) is 18.2 Å². The first-order chi connectivity index (χ1) is 12.1. The van der Waals surface area contributed by atoms with Gasteiger partial charge in [0.1, 0.15) is 0 Å². The molecule has 0 amide bonds. The summed E-state index contributed by atoms with van der Waals surface area (Å²) in [6.07, 6.45) is -0.571. The molecule has 0 saturated carbocycles. The van der Waals surface area contributed by atoms with Crippen LogP contribution in [0, 0.1) is 5.92 Å². The fourth-order valence-electron chi connectivity index (χ4n) is 2.75. The van der Waals surface area contributed by atoms with Crippen LogP contribution in [0.2, 0.25) is 0 Å². The molecule has 25 heavy (non-hydrogen) atoms. The number of carbonyl (C=O) groups excluding carboxylic acids is 1. The van der Waals surface area contributed by atoms with Crippen molar-refractivity contribution in [1.82, 2.24) is 0 Å². The third-order valence-corrected chi connectivity index (χ3v) is 4.06. The molecule has 2 rings (SSSR count). The van der Waals surface area contributed by atoms with E-state index in [1.165, 1.54) is 14.2 Å². The number of carbonyl (C=O) groups is 1. The Balaban J connectivity index is 2.20. The van der Waals surface area contributed by atoms with Crippen molar-refractivity contribution in [2.24, 2.45) is 5.92 Å². The van der Waals surface area contributed by atoms with Crippen molar-refractivity contribution in [1.29, 1.82) is 0 Å². The minimum atomic E-state index is -1.08. The van der Waals surface area contributed by atoms with Crippen molar-refractivity contribution >= 4 is 5.97 Å². The van der Waals surface area contributed by atoms with Gasteiger partial charge in [-0.2, -0.15) is 0 Å². The van der Waals surface area contributed by atoms with Crippen LogP contribution in [-0.4, -0.2) is 51.4 Å². The minimum Gasteiger partial charge on any atom is -0.493 e. The number of benzene rings is 1. The van der Waals surface area contributed by atoms with E-state index in [-0.39, 0.29) is 13.0 Å². The SMILES string of the molecule is CCOC(=O)C(CC1OCCCO1)C(O)c1ccc(OC)c(OC)c1. The van der Waals surface area contributed by atoms with E-state index in [2.05, 4.69) is 0 Å². The summed E-state index contributed by atoms with van der Waals surface area (Å²) in [5.74, 6) is -0.263. The first kappa shape index (κ1) is 19.5. The molecule has 1 fully saturated rings. The van der Waals surface area contributed by atoms with E-state index in [1.807, 2.05) is 0 Å². The lowest BCUT2D eigenvalue weighted by atomic mass is 9.92. The van der Waals surface area contributed by atoms with E-state index in [1.54, 1.807) is 25.1 Å². The number of hydrogen-bond acceptors (Lipinski definition) is 7.